The molecule has 0 aliphatic heterocycles. The number of nitrogens with zero attached hydrogens (tertiary/aromatic N) is 1. The van der Waals surface area contributed by atoms with E-state index >= 15 is 0 Å². The molecule has 0 spiro atoms. The summed E-state index contributed by atoms with van der Waals surface area (Å²) in [5.41, 5.74) is 3.47. The molecule has 16 heavy (non-hydrogen) atoms. The third-order valence-electron chi connectivity index (χ3n) is 2.37. The van der Waals surface area contributed by atoms with Crippen molar-refractivity contribution < 1.29 is 4.74 Å². The predicted octanol–water partition coefficient (Wildman–Crippen LogP) is 3.53. The zero-order valence-electron chi connectivity index (χ0n) is 11.1. The fraction of sp³-hybridized carbons (Fsp3) is 0.500. The van der Waals surface area contributed by atoms with Crippen molar-refractivity contribution in [1.82, 2.24) is 0 Å². The average Bonchev–Trinajstić information content (AvgIpc) is 2.17. The van der Waals surface area contributed by atoms with E-state index in [1.54, 1.807) is 7.11 Å². The number of methoxy groups -OCH3 is 1. The van der Waals surface area contributed by atoms with Crippen LogP contribution in [0.4, 0.5) is 0 Å². The first kappa shape index (κ1) is 12.8. The smallest absolute Gasteiger partial charge is 0.122 e. The maximum absolute atomic E-state index is 5.28. The molecule has 0 atom stereocenters. The number of rotatable bonds is 2. The van der Waals surface area contributed by atoms with Gasteiger partial charge in [-0.25, -0.2) is 0 Å². The summed E-state index contributed by atoms with van der Waals surface area (Å²) in [6.45, 7) is 10.4. The lowest BCUT2D eigenvalue weighted by atomic mass is 10.0. The van der Waals surface area contributed by atoms with Gasteiger partial charge in [-0.15, -0.1) is 0 Å². The lowest BCUT2D eigenvalue weighted by Gasteiger charge is -2.12. The zero-order valence-corrected chi connectivity index (χ0v) is 11.1. The first-order valence-electron chi connectivity index (χ1n) is 5.54. The van der Waals surface area contributed by atoms with Crippen LogP contribution < -0.4 is 4.74 Å². The van der Waals surface area contributed by atoms with Gasteiger partial charge in [-0.3, -0.25) is 4.99 Å². The molecule has 1 aromatic carbocycles. The SMILES string of the molecule is COc1cc(C)c(/C=N/C(C)(C)C)cc1C. The van der Waals surface area contributed by atoms with E-state index in [2.05, 4.69) is 44.8 Å². The van der Waals surface area contributed by atoms with E-state index < -0.39 is 0 Å². The van der Waals surface area contributed by atoms with E-state index in [-0.39, 0.29) is 5.54 Å². The Hall–Kier alpha value is -1.31. The minimum atomic E-state index is -0.0275. The molecule has 0 amide bonds. The lowest BCUT2D eigenvalue weighted by molar-refractivity contribution is 0.411. The van der Waals surface area contributed by atoms with Gasteiger partial charge in [0.25, 0.3) is 0 Å². The number of aliphatic imine (C=N–C) groups is 1. The molecule has 2 heteroatoms. The highest BCUT2D eigenvalue weighted by atomic mass is 16.5. The largest absolute Gasteiger partial charge is 0.496 e. The number of benzene rings is 1. The highest BCUT2D eigenvalue weighted by Gasteiger charge is 2.07. The Balaban J connectivity index is 3.07. The molecule has 0 aliphatic carbocycles. The summed E-state index contributed by atoms with van der Waals surface area (Å²) in [5.74, 6) is 0.936. The molecule has 88 valence electrons. The number of hydrogen-bond acceptors (Lipinski definition) is 2. The topological polar surface area (TPSA) is 21.6 Å². The van der Waals surface area contributed by atoms with E-state index in [1.165, 1.54) is 5.56 Å². The maximum atomic E-state index is 5.28. The Morgan fingerprint density at radius 1 is 1.12 bits per heavy atom. The minimum absolute atomic E-state index is 0.0275. The third kappa shape index (κ3) is 3.37. The second-order valence-corrected chi connectivity index (χ2v) is 5.11. The van der Waals surface area contributed by atoms with Crippen molar-refractivity contribution in [3.63, 3.8) is 0 Å². The van der Waals surface area contributed by atoms with E-state index in [9.17, 15) is 0 Å². The molecule has 0 saturated heterocycles. The highest BCUT2D eigenvalue weighted by Crippen LogP contribution is 2.21. The number of aryl methyl sites for hydroxylation is 2. The summed E-state index contributed by atoms with van der Waals surface area (Å²) in [5, 5.41) is 0. The Morgan fingerprint density at radius 3 is 2.25 bits per heavy atom. The summed E-state index contributed by atoms with van der Waals surface area (Å²) < 4.78 is 5.28. The van der Waals surface area contributed by atoms with Crippen molar-refractivity contribution in [2.45, 2.75) is 40.2 Å². The Morgan fingerprint density at radius 2 is 1.75 bits per heavy atom. The van der Waals surface area contributed by atoms with Crippen LogP contribution >= 0.6 is 0 Å². The summed E-state index contributed by atoms with van der Waals surface area (Å²) >= 11 is 0. The van der Waals surface area contributed by atoms with Crippen molar-refractivity contribution in [3.05, 3.63) is 28.8 Å². The quantitative estimate of drug-likeness (QED) is 0.697. The molecule has 1 aromatic rings. The molecule has 0 bridgehead atoms. The normalized spacial score (nSPS) is 12.1. The third-order valence-corrected chi connectivity index (χ3v) is 2.37. The van der Waals surface area contributed by atoms with Gasteiger partial charge in [0.1, 0.15) is 5.75 Å². The van der Waals surface area contributed by atoms with Crippen LogP contribution in [0.2, 0.25) is 0 Å². The van der Waals surface area contributed by atoms with E-state index in [0.29, 0.717) is 0 Å². The Kier molecular flexibility index (Phi) is 3.74. The molecule has 0 aromatic heterocycles. The predicted molar refractivity (Wildman–Crippen MR) is 69.8 cm³/mol. The highest BCUT2D eigenvalue weighted by molar-refractivity contribution is 5.82. The van der Waals surface area contributed by atoms with E-state index in [0.717, 1.165) is 16.9 Å². The molecular weight excluding hydrogens is 198 g/mol. The van der Waals surface area contributed by atoms with Crippen LogP contribution in [0, 0.1) is 13.8 Å². The number of hydrogen-bond donors (Lipinski definition) is 0. The van der Waals surface area contributed by atoms with E-state index in [4.69, 9.17) is 4.74 Å². The summed E-state index contributed by atoms with van der Waals surface area (Å²) in [6.07, 6.45) is 1.95. The molecule has 0 heterocycles. The van der Waals surface area contributed by atoms with Gasteiger partial charge in [0.15, 0.2) is 0 Å². The van der Waals surface area contributed by atoms with Crippen molar-refractivity contribution in [2.75, 3.05) is 7.11 Å². The summed E-state index contributed by atoms with van der Waals surface area (Å²) in [6, 6.07) is 4.17. The van der Waals surface area contributed by atoms with Gasteiger partial charge in [0.2, 0.25) is 0 Å². The van der Waals surface area contributed by atoms with Gasteiger partial charge in [-0.05, 0) is 63.4 Å². The molecule has 0 saturated carbocycles. The van der Waals surface area contributed by atoms with Gasteiger partial charge in [0.05, 0.1) is 12.6 Å². The number of ether oxygens (including phenoxy) is 1. The van der Waals surface area contributed by atoms with E-state index in [1.807, 2.05) is 13.1 Å². The van der Waals surface area contributed by atoms with Crippen LogP contribution in [-0.2, 0) is 0 Å². The molecule has 0 fully saturated rings. The van der Waals surface area contributed by atoms with Gasteiger partial charge in [0, 0.05) is 6.21 Å². The second-order valence-electron chi connectivity index (χ2n) is 5.11. The maximum Gasteiger partial charge on any atom is 0.122 e. The van der Waals surface area contributed by atoms with Crippen molar-refractivity contribution >= 4 is 6.21 Å². The lowest BCUT2D eigenvalue weighted by Crippen LogP contribution is -2.10. The molecular formula is C14H21NO. The second kappa shape index (κ2) is 4.69. The Labute approximate surface area is 98.4 Å². The molecule has 0 unspecified atom stereocenters. The molecule has 0 aliphatic rings. The van der Waals surface area contributed by atoms with Gasteiger partial charge >= 0.3 is 0 Å². The van der Waals surface area contributed by atoms with Crippen LogP contribution in [0.25, 0.3) is 0 Å². The van der Waals surface area contributed by atoms with Crippen LogP contribution in [0.15, 0.2) is 17.1 Å². The van der Waals surface area contributed by atoms with Gasteiger partial charge in [-0.1, -0.05) is 0 Å². The fourth-order valence-corrected chi connectivity index (χ4v) is 1.43. The monoisotopic (exact) mass is 219 g/mol. The fourth-order valence-electron chi connectivity index (χ4n) is 1.43. The zero-order chi connectivity index (χ0) is 12.3. The molecule has 2 nitrogen and oxygen atoms in total. The van der Waals surface area contributed by atoms with Crippen LogP contribution in [-0.4, -0.2) is 18.9 Å². The first-order valence-corrected chi connectivity index (χ1v) is 5.54. The minimum Gasteiger partial charge on any atom is -0.496 e. The summed E-state index contributed by atoms with van der Waals surface area (Å²) in [4.78, 5) is 4.52. The van der Waals surface area contributed by atoms with Crippen LogP contribution in [0.5, 0.6) is 5.75 Å². The molecule has 1 rings (SSSR count). The van der Waals surface area contributed by atoms with Crippen molar-refractivity contribution in [3.8, 4) is 5.75 Å². The van der Waals surface area contributed by atoms with Crippen LogP contribution in [0.3, 0.4) is 0 Å². The van der Waals surface area contributed by atoms with Crippen molar-refractivity contribution in [1.29, 1.82) is 0 Å². The molecule has 0 N–H and O–H groups in total. The van der Waals surface area contributed by atoms with Gasteiger partial charge in [-0.2, -0.15) is 0 Å². The molecule has 0 radical (unpaired) electrons. The van der Waals surface area contributed by atoms with Gasteiger partial charge < -0.3 is 4.74 Å². The standard InChI is InChI=1S/C14H21NO/c1-10-8-13(16-6)11(2)7-12(10)9-15-14(3,4)5/h7-9H,1-6H3/b15-9+. The first-order chi connectivity index (χ1) is 7.33. The Bertz CT molecular complexity index is 400. The van der Waals surface area contributed by atoms with Crippen molar-refractivity contribution in [2.24, 2.45) is 4.99 Å². The summed E-state index contributed by atoms with van der Waals surface area (Å²) in [7, 11) is 1.70. The average molecular weight is 219 g/mol. The van der Waals surface area contributed by atoms with Crippen LogP contribution in [0.1, 0.15) is 37.5 Å².